The van der Waals surface area contributed by atoms with Crippen LogP contribution in [-0.2, 0) is 16.6 Å². The van der Waals surface area contributed by atoms with Crippen molar-refractivity contribution in [2.24, 2.45) is 11.5 Å². The van der Waals surface area contributed by atoms with Crippen LogP contribution in [0, 0.1) is 11.3 Å². The summed E-state index contributed by atoms with van der Waals surface area (Å²) in [7, 11) is 0. The lowest BCUT2D eigenvalue weighted by Gasteiger charge is -2.41. The monoisotopic (exact) mass is 527 g/mol. The summed E-state index contributed by atoms with van der Waals surface area (Å²) < 4.78 is 0. The number of likely N-dealkylation sites (tertiary alicyclic amines) is 1. The molecule has 1 aliphatic carbocycles. The molecule has 39 heavy (non-hydrogen) atoms. The van der Waals surface area contributed by atoms with Crippen LogP contribution in [0.2, 0.25) is 0 Å². The van der Waals surface area contributed by atoms with Crippen LogP contribution >= 0.6 is 0 Å². The third kappa shape index (κ3) is 4.61. The van der Waals surface area contributed by atoms with Gasteiger partial charge in [0.2, 0.25) is 17.7 Å². The fourth-order valence-corrected chi connectivity index (χ4v) is 5.96. The van der Waals surface area contributed by atoms with Gasteiger partial charge in [0.25, 0.3) is 0 Å². The molecule has 1 unspecified atom stereocenters. The first kappa shape index (κ1) is 26.0. The Hall–Kier alpha value is -4.63. The third-order valence-corrected chi connectivity index (χ3v) is 7.74. The van der Waals surface area contributed by atoms with Crippen LogP contribution in [0.4, 0.5) is 0 Å². The van der Waals surface area contributed by atoms with Gasteiger partial charge in [-0.05, 0) is 79.1 Å². The third-order valence-electron chi connectivity index (χ3n) is 7.74. The molecule has 0 radical (unpaired) electrons. The van der Waals surface area contributed by atoms with Gasteiger partial charge in [-0.1, -0.05) is 17.3 Å². The minimum atomic E-state index is -0.930. The Balaban J connectivity index is 1.56. The van der Waals surface area contributed by atoms with Crippen molar-refractivity contribution in [1.82, 2.24) is 30.8 Å². The fourth-order valence-electron chi connectivity index (χ4n) is 5.96. The van der Waals surface area contributed by atoms with E-state index >= 15 is 0 Å². The summed E-state index contributed by atoms with van der Waals surface area (Å²) in [6.45, 7) is 2.61. The van der Waals surface area contributed by atoms with Gasteiger partial charge in [0, 0.05) is 23.7 Å². The maximum Gasteiger partial charge on any atom is 0.248 e. The van der Waals surface area contributed by atoms with Crippen LogP contribution in [0.15, 0.2) is 36.4 Å². The highest BCUT2D eigenvalue weighted by Gasteiger charge is 2.46. The Morgan fingerprint density at radius 3 is 2.33 bits per heavy atom. The van der Waals surface area contributed by atoms with Crippen molar-refractivity contribution in [2.45, 2.75) is 50.1 Å². The number of nitrogens with one attached hydrogen (secondary N) is 2. The number of benzene rings is 2. The highest BCUT2D eigenvalue weighted by atomic mass is 16.2. The van der Waals surface area contributed by atoms with Gasteiger partial charge in [-0.3, -0.25) is 14.4 Å². The van der Waals surface area contributed by atoms with Crippen LogP contribution < -0.4 is 16.8 Å². The molecule has 1 saturated heterocycles. The SMILES string of the molecule is C[C@H](CC1(c2nn[nH]n2)c2ccc(C(N)=O)cc2Cc2cc(C(N)=O)ccc21)NCC(=O)N1CCCC1C#N. The summed E-state index contributed by atoms with van der Waals surface area (Å²) in [4.78, 5) is 38.5. The first-order valence-electron chi connectivity index (χ1n) is 12.8. The lowest BCUT2D eigenvalue weighted by Crippen LogP contribution is -2.46. The van der Waals surface area contributed by atoms with Crippen molar-refractivity contribution in [2.75, 3.05) is 13.1 Å². The molecule has 2 heterocycles. The number of carbonyl (C=O) groups excluding carboxylic acids is 3. The molecular weight excluding hydrogens is 498 g/mol. The van der Waals surface area contributed by atoms with Gasteiger partial charge < -0.3 is 21.7 Å². The van der Waals surface area contributed by atoms with E-state index in [2.05, 4.69) is 32.0 Å². The van der Waals surface area contributed by atoms with E-state index in [1.165, 1.54) is 0 Å². The molecule has 0 spiro atoms. The number of nitrogens with zero attached hydrogens (tertiary/aromatic N) is 5. The minimum Gasteiger partial charge on any atom is -0.366 e. The topological polar surface area (TPSA) is 197 Å². The van der Waals surface area contributed by atoms with Gasteiger partial charge in [0.1, 0.15) is 6.04 Å². The molecular formula is C27H29N9O3. The Morgan fingerprint density at radius 1 is 1.15 bits per heavy atom. The standard InChI is InChI=1S/C27H29N9O3/c1-15(31-14-23(37)36-8-2-3-20(36)13-28)12-27(26-32-34-35-33-26)21-6-4-16(24(29)38)9-18(21)11-19-10-17(25(30)39)5-7-22(19)27/h4-7,9-10,15,20,31H,2-3,8,11-12,14H2,1H3,(H2,29,38)(H2,30,39)(H,32,33,34,35)/t15-,20?/m1/s1. The largest absolute Gasteiger partial charge is 0.366 e. The van der Waals surface area contributed by atoms with E-state index in [1.54, 1.807) is 29.2 Å². The summed E-state index contributed by atoms with van der Waals surface area (Å²) in [5.74, 6) is -0.815. The second-order valence-electron chi connectivity index (χ2n) is 10.2. The van der Waals surface area contributed by atoms with Crippen molar-refractivity contribution in [3.8, 4) is 6.07 Å². The second-order valence-corrected chi connectivity index (χ2v) is 10.2. The molecule has 1 aliphatic heterocycles. The Bertz CT molecular complexity index is 1410. The number of nitriles is 1. The number of carbonyl (C=O) groups is 3. The number of hydrogen-bond acceptors (Lipinski definition) is 8. The predicted octanol–water partition coefficient (Wildman–Crippen LogP) is 0.519. The summed E-state index contributed by atoms with van der Waals surface area (Å²) in [6.07, 6.45) is 2.37. The van der Waals surface area contributed by atoms with Gasteiger partial charge in [-0.2, -0.15) is 10.5 Å². The van der Waals surface area contributed by atoms with Gasteiger partial charge >= 0.3 is 0 Å². The normalized spacial score (nSPS) is 18.1. The molecule has 2 aliphatic rings. The molecule has 1 aromatic heterocycles. The van der Waals surface area contributed by atoms with Crippen molar-refractivity contribution in [1.29, 1.82) is 5.26 Å². The maximum absolute atomic E-state index is 12.9. The molecule has 12 heteroatoms. The molecule has 0 saturated carbocycles. The zero-order chi connectivity index (χ0) is 27.7. The average molecular weight is 528 g/mol. The lowest BCUT2D eigenvalue weighted by molar-refractivity contribution is -0.130. The molecule has 2 aromatic carbocycles. The van der Waals surface area contributed by atoms with Crippen LogP contribution in [0.3, 0.4) is 0 Å². The molecule has 0 bridgehead atoms. The summed E-state index contributed by atoms with van der Waals surface area (Å²) in [5, 5.41) is 27.9. The molecule has 3 aromatic rings. The van der Waals surface area contributed by atoms with E-state index in [0.717, 1.165) is 28.7 Å². The number of hydrogen-bond donors (Lipinski definition) is 4. The first-order chi connectivity index (χ1) is 18.7. The molecule has 3 amide bonds. The van der Waals surface area contributed by atoms with Crippen LogP contribution in [0.1, 0.15) is 75.0 Å². The number of aromatic amines is 1. The number of amides is 3. The molecule has 6 N–H and O–H groups in total. The van der Waals surface area contributed by atoms with E-state index < -0.39 is 23.3 Å². The Kier molecular flexibility index (Phi) is 6.84. The second kappa shape index (κ2) is 10.3. The number of tetrazole rings is 1. The number of H-pyrrole nitrogens is 1. The van der Waals surface area contributed by atoms with Crippen molar-refractivity contribution in [3.63, 3.8) is 0 Å². The fraction of sp³-hybridized carbons (Fsp3) is 0.370. The number of primary amides is 2. The van der Waals surface area contributed by atoms with Gasteiger partial charge in [-0.15, -0.1) is 10.2 Å². The van der Waals surface area contributed by atoms with Crippen molar-refractivity contribution >= 4 is 17.7 Å². The highest BCUT2D eigenvalue weighted by Crippen LogP contribution is 2.48. The number of nitrogens with two attached hydrogens (primary N) is 2. The van der Waals surface area contributed by atoms with Crippen LogP contribution in [0.25, 0.3) is 0 Å². The van der Waals surface area contributed by atoms with E-state index in [-0.39, 0.29) is 18.5 Å². The van der Waals surface area contributed by atoms with E-state index in [0.29, 0.717) is 42.8 Å². The molecule has 5 rings (SSSR count). The first-order valence-corrected chi connectivity index (χ1v) is 12.8. The van der Waals surface area contributed by atoms with Gasteiger partial charge in [-0.25, -0.2) is 0 Å². The number of rotatable bonds is 8. The van der Waals surface area contributed by atoms with Gasteiger partial charge in [0.05, 0.1) is 18.0 Å². The molecule has 12 nitrogen and oxygen atoms in total. The highest BCUT2D eigenvalue weighted by molar-refractivity contribution is 5.94. The van der Waals surface area contributed by atoms with Crippen molar-refractivity contribution in [3.05, 3.63) is 75.6 Å². The Morgan fingerprint density at radius 2 is 1.79 bits per heavy atom. The van der Waals surface area contributed by atoms with Crippen LogP contribution in [-0.4, -0.2) is 68.4 Å². The van der Waals surface area contributed by atoms with Crippen molar-refractivity contribution < 1.29 is 14.4 Å². The average Bonchev–Trinajstić information content (AvgIpc) is 3.63. The molecule has 2 atom stereocenters. The van der Waals surface area contributed by atoms with Crippen LogP contribution in [0.5, 0.6) is 0 Å². The minimum absolute atomic E-state index is 0.0720. The van der Waals surface area contributed by atoms with E-state index in [4.69, 9.17) is 11.5 Å². The lowest BCUT2D eigenvalue weighted by atomic mass is 9.63. The number of aromatic nitrogens is 4. The molecule has 1 fully saturated rings. The zero-order valence-electron chi connectivity index (χ0n) is 21.5. The maximum atomic E-state index is 12.9. The van der Waals surface area contributed by atoms with E-state index in [1.807, 2.05) is 19.1 Å². The quantitative estimate of drug-likeness (QED) is 0.325. The summed E-state index contributed by atoms with van der Waals surface area (Å²) in [6, 6.07) is 12.2. The predicted molar refractivity (Wildman–Crippen MR) is 139 cm³/mol. The molecule has 200 valence electrons. The summed E-state index contributed by atoms with van der Waals surface area (Å²) >= 11 is 0. The van der Waals surface area contributed by atoms with Gasteiger partial charge in [0.15, 0.2) is 5.82 Å². The smallest absolute Gasteiger partial charge is 0.248 e. The zero-order valence-corrected chi connectivity index (χ0v) is 21.5. The Labute approximate surface area is 224 Å². The van der Waals surface area contributed by atoms with E-state index in [9.17, 15) is 19.6 Å². The number of fused-ring (bicyclic) bond motifs is 2. The summed E-state index contributed by atoms with van der Waals surface area (Å²) in [5.41, 5.74) is 14.4.